The molecule has 0 unspecified atom stereocenters. The van der Waals surface area contributed by atoms with E-state index in [4.69, 9.17) is 5.11 Å². The van der Waals surface area contributed by atoms with Crippen molar-refractivity contribution in [3.8, 4) is 0 Å². The van der Waals surface area contributed by atoms with E-state index in [9.17, 15) is 24.0 Å². The van der Waals surface area contributed by atoms with Gasteiger partial charge in [0.15, 0.2) is 0 Å². The van der Waals surface area contributed by atoms with Crippen LogP contribution >= 0.6 is 0 Å². The Morgan fingerprint density at radius 1 is 0.932 bits per heavy atom. The number of nitrogens with zero attached hydrogens (tertiary/aromatic N) is 1. The highest BCUT2D eigenvalue weighted by Crippen LogP contribution is 2.40. The van der Waals surface area contributed by atoms with Gasteiger partial charge in [0.25, 0.3) is 17.7 Å². The van der Waals surface area contributed by atoms with E-state index in [0.29, 0.717) is 47.2 Å². The number of hydrogen-bond donors (Lipinski definition) is 4. The van der Waals surface area contributed by atoms with Crippen molar-refractivity contribution in [2.75, 3.05) is 11.9 Å². The molecular weight excluding hydrogens is 560 g/mol. The SMILES string of the molecule is CC(C)(C)C1CCC(N(Cc2ccc(C(=O)NCCC(=O)O)cc2)C(=O)Nc2ccc3c(c2CC2CC2)C(=O)NC3=O)CC1. The van der Waals surface area contributed by atoms with Crippen molar-refractivity contribution in [1.82, 2.24) is 15.5 Å². The first-order chi connectivity index (χ1) is 20.9. The van der Waals surface area contributed by atoms with Crippen molar-refractivity contribution >= 4 is 35.4 Å². The molecule has 2 aromatic rings. The Morgan fingerprint density at radius 3 is 2.23 bits per heavy atom. The third-order valence-corrected chi connectivity index (χ3v) is 9.26. The Kier molecular flexibility index (Phi) is 9.08. The predicted molar refractivity (Wildman–Crippen MR) is 165 cm³/mol. The molecule has 1 aliphatic heterocycles. The van der Waals surface area contributed by atoms with Crippen LogP contribution in [0.5, 0.6) is 0 Å². The van der Waals surface area contributed by atoms with Gasteiger partial charge < -0.3 is 20.6 Å². The zero-order valence-corrected chi connectivity index (χ0v) is 25.7. The van der Waals surface area contributed by atoms with Crippen LogP contribution in [0, 0.1) is 17.3 Å². The van der Waals surface area contributed by atoms with Crippen LogP contribution in [-0.2, 0) is 17.8 Å². The van der Waals surface area contributed by atoms with E-state index in [1.165, 1.54) is 0 Å². The molecule has 2 saturated carbocycles. The number of hydrogen-bond acceptors (Lipinski definition) is 5. The molecule has 2 aromatic carbocycles. The normalized spacial score (nSPS) is 19.6. The minimum Gasteiger partial charge on any atom is -0.481 e. The first-order valence-corrected chi connectivity index (χ1v) is 15.6. The zero-order chi connectivity index (χ0) is 31.6. The molecule has 44 heavy (non-hydrogen) atoms. The summed E-state index contributed by atoms with van der Waals surface area (Å²) in [6.45, 7) is 7.16. The number of fused-ring (bicyclic) bond motifs is 1. The number of imide groups is 1. The fraction of sp³-hybridized carbons (Fsp3) is 0.500. The maximum atomic E-state index is 14.1. The van der Waals surface area contributed by atoms with Crippen LogP contribution in [0.3, 0.4) is 0 Å². The van der Waals surface area contributed by atoms with Gasteiger partial charge in [-0.2, -0.15) is 0 Å². The second kappa shape index (κ2) is 12.8. The Balaban J connectivity index is 1.36. The van der Waals surface area contributed by atoms with Gasteiger partial charge in [-0.25, -0.2) is 4.79 Å². The summed E-state index contributed by atoms with van der Waals surface area (Å²) < 4.78 is 0. The predicted octanol–water partition coefficient (Wildman–Crippen LogP) is 5.37. The highest BCUT2D eigenvalue weighted by Gasteiger charge is 2.36. The molecule has 1 heterocycles. The van der Waals surface area contributed by atoms with Gasteiger partial charge >= 0.3 is 12.0 Å². The maximum absolute atomic E-state index is 14.1. The van der Waals surface area contributed by atoms with Gasteiger partial charge in [-0.3, -0.25) is 24.5 Å². The standard InChI is InChI=1S/C34H42N4O6/c1-34(2,3)23-10-12-24(13-11-23)38(19-21-6-8-22(9-7-21)30(41)35-17-16-28(39)40)33(44)36-27-15-14-25-29(32(43)37-31(25)42)26(27)18-20-4-5-20/h6-9,14-15,20,23-24H,4-5,10-13,16-19H2,1-3H3,(H,35,41)(H,36,44)(H,39,40)(H,37,42,43). The van der Waals surface area contributed by atoms with E-state index < -0.39 is 17.8 Å². The molecule has 0 bridgehead atoms. The molecule has 0 atom stereocenters. The molecule has 5 amide bonds. The number of aliphatic carboxylic acids is 1. The van der Waals surface area contributed by atoms with E-state index in [2.05, 4.69) is 36.7 Å². The largest absolute Gasteiger partial charge is 0.481 e. The first kappa shape index (κ1) is 31.2. The zero-order valence-electron chi connectivity index (χ0n) is 25.7. The third-order valence-electron chi connectivity index (χ3n) is 9.26. The monoisotopic (exact) mass is 602 g/mol. The quantitative estimate of drug-likeness (QED) is 0.269. The summed E-state index contributed by atoms with van der Waals surface area (Å²) in [5, 5.41) is 16.9. The number of anilines is 1. The fourth-order valence-corrected chi connectivity index (χ4v) is 6.42. The summed E-state index contributed by atoms with van der Waals surface area (Å²) in [4.78, 5) is 64.2. The summed E-state index contributed by atoms with van der Waals surface area (Å²) in [5.74, 6) is -1.15. The van der Waals surface area contributed by atoms with Crippen LogP contribution in [0.25, 0.3) is 0 Å². The molecule has 0 spiro atoms. The van der Waals surface area contributed by atoms with Crippen molar-refractivity contribution in [2.45, 2.75) is 84.7 Å². The third kappa shape index (κ3) is 7.29. The molecule has 2 aliphatic carbocycles. The molecule has 0 aromatic heterocycles. The summed E-state index contributed by atoms with van der Waals surface area (Å²) in [5.41, 5.74) is 3.47. The summed E-state index contributed by atoms with van der Waals surface area (Å²) >= 11 is 0. The second-order valence-electron chi connectivity index (χ2n) is 13.5. The van der Waals surface area contributed by atoms with Gasteiger partial charge in [0.1, 0.15) is 0 Å². The molecule has 10 heteroatoms. The minimum atomic E-state index is -0.980. The highest BCUT2D eigenvalue weighted by molar-refractivity contribution is 6.23. The van der Waals surface area contributed by atoms with Gasteiger partial charge in [-0.1, -0.05) is 32.9 Å². The lowest BCUT2D eigenvalue weighted by molar-refractivity contribution is -0.136. The Morgan fingerprint density at radius 2 is 1.61 bits per heavy atom. The molecule has 234 valence electrons. The number of carbonyl (C=O) groups excluding carboxylic acids is 4. The van der Waals surface area contributed by atoms with Crippen LogP contribution in [0.15, 0.2) is 36.4 Å². The molecule has 0 saturated heterocycles. The first-order valence-electron chi connectivity index (χ1n) is 15.6. The highest BCUT2D eigenvalue weighted by atomic mass is 16.4. The number of nitrogens with one attached hydrogen (secondary N) is 3. The van der Waals surface area contributed by atoms with E-state index >= 15 is 0 Å². The second-order valence-corrected chi connectivity index (χ2v) is 13.5. The lowest BCUT2D eigenvalue weighted by atomic mass is 9.71. The molecule has 3 aliphatic rings. The molecule has 2 fully saturated rings. The average Bonchev–Trinajstić information content (AvgIpc) is 3.75. The lowest BCUT2D eigenvalue weighted by Crippen LogP contribution is -2.45. The fourth-order valence-electron chi connectivity index (χ4n) is 6.42. The number of carbonyl (C=O) groups is 5. The van der Waals surface area contributed by atoms with Crippen LogP contribution < -0.4 is 16.0 Å². The average molecular weight is 603 g/mol. The van der Waals surface area contributed by atoms with Crippen molar-refractivity contribution in [3.63, 3.8) is 0 Å². The van der Waals surface area contributed by atoms with E-state index in [1.54, 1.807) is 24.3 Å². The van der Waals surface area contributed by atoms with Crippen molar-refractivity contribution in [1.29, 1.82) is 0 Å². The maximum Gasteiger partial charge on any atom is 0.322 e. The summed E-state index contributed by atoms with van der Waals surface area (Å²) in [6, 6.07) is 10.1. The number of carboxylic acid groups (broad SMARTS) is 1. The van der Waals surface area contributed by atoms with Crippen molar-refractivity contribution in [3.05, 3.63) is 64.2 Å². The Bertz CT molecular complexity index is 1450. The number of rotatable bonds is 10. The van der Waals surface area contributed by atoms with Crippen LogP contribution in [0.1, 0.15) is 108 Å². The molecule has 5 rings (SSSR count). The minimum absolute atomic E-state index is 0.0128. The van der Waals surface area contributed by atoms with Gasteiger partial charge in [-0.15, -0.1) is 0 Å². The molecule has 0 radical (unpaired) electrons. The Labute approximate surface area is 258 Å². The van der Waals surface area contributed by atoms with E-state index in [0.717, 1.165) is 49.7 Å². The van der Waals surface area contributed by atoms with Gasteiger partial charge in [0.2, 0.25) is 0 Å². The number of carboxylic acids is 1. The van der Waals surface area contributed by atoms with Crippen LogP contribution in [0.2, 0.25) is 0 Å². The summed E-state index contributed by atoms with van der Waals surface area (Å²) in [6.07, 6.45) is 6.37. The molecular formula is C34H42N4O6. The van der Waals surface area contributed by atoms with Gasteiger partial charge in [0, 0.05) is 30.4 Å². The van der Waals surface area contributed by atoms with Crippen LogP contribution in [0.4, 0.5) is 10.5 Å². The topological polar surface area (TPSA) is 145 Å². The Hall–Kier alpha value is -4.21. The molecule has 4 N–H and O–H groups in total. The van der Waals surface area contributed by atoms with Gasteiger partial charge in [-0.05, 0) is 97.6 Å². The lowest BCUT2D eigenvalue weighted by Gasteiger charge is -2.41. The molecule has 10 nitrogen and oxygen atoms in total. The van der Waals surface area contributed by atoms with E-state index in [-0.39, 0.29) is 36.4 Å². The van der Waals surface area contributed by atoms with Gasteiger partial charge in [0.05, 0.1) is 17.5 Å². The number of urea groups is 1. The number of benzene rings is 2. The van der Waals surface area contributed by atoms with Crippen molar-refractivity contribution in [2.24, 2.45) is 17.3 Å². The van der Waals surface area contributed by atoms with Crippen molar-refractivity contribution < 1.29 is 29.1 Å². The van der Waals surface area contributed by atoms with Crippen LogP contribution in [-0.4, -0.2) is 52.3 Å². The summed E-state index contributed by atoms with van der Waals surface area (Å²) in [7, 11) is 0. The van der Waals surface area contributed by atoms with E-state index in [1.807, 2.05) is 17.0 Å². The number of amides is 5. The smallest absolute Gasteiger partial charge is 0.322 e.